The maximum atomic E-state index is 11.4. The molecule has 0 aliphatic heterocycles. The minimum Gasteiger partial charge on any atom is -0.465 e. The molecule has 5 aromatic heterocycles. The SMILES string of the molecule is CCOC(CBr)OCC.COC(=O)c1ccc2c(c1)sc1nccn12.COC(=O)c1ccc2nc(N)sc2c1.O=Cc1ccc2c(c1)sc1nccn12. The summed E-state index contributed by atoms with van der Waals surface area (Å²) in [6.07, 6.45) is 8.17. The molecule has 3 aromatic carbocycles. The zero-order chi connectivity index (χ0) is 37.9. The summed E-state index contributed by atoms with van der Waals surface area (Å²) >= 11 is 7.77. The molecule has 53 heavy (non-hydrogen) atoms. The van der Waals surface area contributed by atoms with Gasteiger partial charge in [0.1, 0.15) is 6.29 Å². The molecule has 276 valence electrons. The van der Waals surface area contributed by atoms with Gasteiger partial charge in [-0.2, -0.15) is 0 Å². The summed E-state index contributed by atoms with van der Waals surface area (Å²) in [5.74, 6) is -0.660. The van der Waals surface area contributed by atoms with Gasteiger partial charge in [0.15, 0.2) is 21.3 Å². The van der Waals surface area contributed by atoms with Crippen molar-refractivity contribution in [3.8, 4) is 0 Å². The van der Waals surface area contributed by atoms with E-state index in [1.807, 2.05) is 65.4 Å². The van der Waals surface area contributed by atoms with E-state index >= 15 is 0 Å². The van der Waals surface area contributed by atoms with Crippen LogP contribution in [0.2, 0.25) is 0 Å². The monoisotopic (exact) mass is 838 g/mol. The van der Waals surface area contributed by atoms with Crippen LogP contribution in [-0.4, -0.2) is 81.0 Å². The largest absolute Gasteiger partial charge is 0.465 e. The summed E-state index contributed by atoms with van der Waals surface area (Å²) in [5, 5.41) is 1.25. The van der Waals surface area contributed by atoms with Crippen LogP contribution in [0, 0.1) is 0 Å². The Hall–Kier alpha value is -4.78. The maximum absolute atomic E-state index is 11.4. The number of nitrogen functional groups attached to an aromatic ring is 1. The van der Waals surface area contributed by atoms with Crippen LogP contribution in [-0.2, 0) is 18.9 Å². The van der Waals surface area contributed by atoms with E-state index in [2.05, 4.69) is 40.4 Å². The quantitative estimate of drug-likeness (QED) is 0.0681. The highest BCUT2D eigenvalue weighted by molar-refractivity contribution is 9.09. The molecule has 2 N–H and O–H groups in total. The van der Waals surface area contributed by atoms with Gasteiger partial charge in [0.05, 0.1) is 61.3 Å². The van der Waals surface area contributed by atoms with Gasteiger partial charge in [-0.05, 0) is 68.4 Å². The minimum atomic E-state index is -0.348. The van der Waals surface area contributed by atoms with Gasteiger partial charge in [-0.15, -0.1) is 0 Å². The van der Waals surface area contributed by atoms with Crippen LogP contribution in [0.15, 0.2) is 79.4 Å². The fourth-order valence-electron chi connectivity index (χ4n) is 4.91. The molecule has 13 nitrogen and oxygen atoms in total. The first-order valence-corrected chi connectivity index (χ1v) is 19.6. The summed E-state index contributed by atoms with van der Waals surface area (Å²) in [4.78, 5) is 47.5. The molecule has 17 heteroatoms. The summed E-state index contributed by atoms with van der Waals surface area (Å²) in [7, 11) is 2.74. The van der Waals surface area contributed by atoms with E-state index < -0.39 is 0 Å². The number of hydrogen-bond donors (Lipinski definition) is 1. The third-order valence-corrected chi connectivity index (χ3v) is 10.7. The Morgan fingerprint density at radius 1 is 0.792 bits per heavy atom. The molecular weight excluding hydrogens is 805 g/mol. The average molecular weight is 840 g/mol. The van der Waals surface area contributed by atoms with Gasteiger partial charge in [0.25, 0.3) is 0 Å². The van der Waals surface area contributed by atoms with Gasteiger partial charge in [0.2, 0.25) is 0 Å². The van der Waals surface area contributed by atoms with Gasteiger partial charge in [-0.1, -0.05) is 49.9 Å². The number of thiazole rings is 3. The van der Waals surface area contributed by atoms with Crippen molar-refractivity contribution in [2.75, 3.05) is 38.5 Å². The number of carbonyl (C=O) groups excluding carboxylic acids is 3. The Balaban J connectivity index is 0.000000139. The molecule has 0 unspecified atom stereocenters. The van der Waals surface area contributed by atoms with Crippen molar-refractivity contribution in [1.82, 2.24) is 23.8 Å². The van der Waals surface area contributed by atoms with Crippen LogP contribution >= 0.6 is 49.9 Å². The highest BCUT2D eigenvalue weighted by Gasteiger charge is 2.11. The Morgan fingerprint density at radius 3 is 1.85 bits per heavy atom. The fourth-order valence-corrected chi connectivity index (χ4v) is 8.12. The molecule has 0 saturated carbocycles. The van der Waals surface area contributed by atoms with Crippen molar-refractivity contribution in [2.45, 2.75) is 20.1 Å². The Labute approximate surface area is 324 Å². The van der Waals surface area contributed by atoms with Gasteiger partial charge >= 0.3 is 11.9 Å². The average Bonchev–Trinajstić information content (AvgIpc) is 4.01. The first-order valence-electron chi connectivity index (χ1n) is 16.0. The maximum Gasteiger partial charge on any atom is 0.337 e. The fraction of sp³-hybridized carbons (Fsp3) is 0.222. The number of imidazole rings is 2. The lowest BCUT2D eigenvalue weighted by Gasteiger charge is -2.12. The lowest BCUT2D eigenvalue weighted by Crippen LogP contribution is -2.18. The van der Waals surface area contributed by atoms with Crippen molar-refractivity contribution in [3.63, 3.8) is 0 Å². The van der Waals surface area contributed by atoms with Crippen molar-refractivity contribution in [2.24, 2.45) is 0 Å². The predicted octanol–water partition coefficient (Wildman–Crippen LogP) is 8.14. The van der Waals surface area contributed by atoms with Crippen LogP contribution in [0.3, 0.4) is 0 Å². The van der Waals surface area contributed by atoms with Crippen molar-refractivity contribution >= 4 is 114 Å². The minimum absolute atomic E-state index is 0.0694. The van der Waals surface area contributed by atoms with Gasteiger partial charge in [0, 0.05) is 43.6 Å². The Bertz CT molecular complexity index is 2460. The summed E-state index contributed by atoms with van der Waals surface area (Å²) in [6.45, 7) is 5.32. The lowest BCUT2D eigenvalue weighted by atomic mass is 10.2. The third-order valence-electron chi connectivity index (χ3n) is 7.29. The van der Waals surface area contributed by atoms with E-state index in [1.165, 1.54) is 25.6 Å². The van der Waals surface area contributed by atoms with Crippen LogP contribution in [0.5, 0.6) is 0 Å². The molecule has 0 aliphatic carbocycles. The molecule has 0 atom stereocenters. The second kappa shape index (κ2) is 18.8. The number of halogens is 1. The van der Waals surface area contributed by atoms with Gasteiger partial charge < -0.3 is 24.7 Å². The van der Waals surface area contributed by atoms with Crippen LogP contribution < -0.4 is 5.73 Å². The van der Waals surface area contributed by atoms with Crippen LogP contribution in [0.25, 0.3) is 40.6 Å². The number of hydrogen-bond acceptors (Lipinski definition) is 14. The Kier molecular flexibility index (Phi) is 14.0. The number of benzene rings is 3. The molecule has 0 fully saturated rings. The van der Waals surface area contributed by atoms with Gasteiger partial charge in [-0.25, -0.2) is 24.5 Å². The number of anilines is 1. The molecular formula is C36H35BrN6O7S3. The normalized spacial score (nSPS) is 10.8. The van der Waals surface area contributed by atoms with E-state index in [4.69, 9.17) is 15.2 Å². The smallest absolute Gasteiger partial charge is 0.337 e. The summed E-state index contributed by atoms with van der Waals surface area (Å²) in [6, 6.07) is 16.3. The lowest BCUT2D eigenvalue weighted by molar-refractivity contribution is -0.119. The molecule has 0 aliphatic rings. The number of methoxy groups -OCH3 is 2. The molecule has 0 saturated heterocycles. The first-order chi connectivity index (χ1) is 25.7. The Morgan fingerprint density at radius 2 is 1.32 bits per heavy atom. The number of nitrogens with zero attached hydrogens (tertiary/aromatic N) is 5. The first kappa shape index (κ1) is 39.4. The van der Waals surface area contributed by atoms with Gasteiger partial charge in [-0.3, -0.25) is 13.6 Å². The number of aldehydes is 1. The number of ether oxygens (including phenoxy) is 4. The second-order valence-corrected chi connectivity index (χ2v) is 14.3. The zero-order valence-electron chi connectivity index (χ0n) is 29.1. The number of rotatable bonds is 8. The highest BCUT2D eigenvalue weighted by Crippen LogP contribution is 2.28. The number of alkyl halides is 1. The van der Waals surface area contributed by atoms with Crippen LogP contribution in [0.4, 0.5) is 5.13 Å². The molecule has 0 bridgehead atoms. The number of esters is 2. The summed E-state index contributed by atoms with van der Waals surface area (Å²) in [5.41, 5.74) is 10.3. The van der Waals surface area contributed by atoms with E-state index in [0.717, 1.165) is 52.2 Å². The molecule has 5 heterocycles. The number of aromatic nitrogens is 5. The molecule has 0 radical (unpaired) electrons. The van der Waals surface area contributed by atoms with E-state index in [0.29, 0.717) is 35.0 Å². The topological polar surface area (TPSA) is 162 Å². The summed E-state index contributed by atoms with van der Waals surface area (Å²) < 4.78 is 26.7. The molecule has 8 aromatic rings. The van der Waals surface area contributed by atoms with Crippen molar-refractivity contribution in [1.29, 1.82) is 0 Å². The molecule has 0 amide bonds. The van der Waals surface area contributed by atoms with E-state index in [-0.39, 0.29) is 18.2 Å². The van der Waals surface area contributed by atoms with Crippen LogP contribution in [0.1, 0.15) is 44.9 Å². The predicted molar refractivity (Wildman–Crippen MR) is 214 cm³/mol. The highest BCUT2D eigenvalue weighted by atomic mass is 79.9. The van der Waals surface area contributed by atoms with E-state index in [1.54, 1.807) is 59.3 Å². The van der Waals surface area contributed by atoms with E-state index in [9.17, 15) is 14.4 Å². The zero-order valence-corrected chi connectivity index (χ0v) is 33.1. The number of fused-ring (bicyclic) bond motifs is 7. The third kappa shape index (κ3) is 9.61. The number of nitrogens with two attached hydrogens (primary N) is 1. The second-order valence-electron chi connectivity index (χ2n) is 10.6. The molecule has 8 rings (SSSR count). The number of carbonyl (C=O) groups is 3. The van der Waals surface area contributed by atoms with Crippen molar-refractivity contribution < 1.29 is 33.3 Å². The molecule has 0 spiro atoms. The standard InChI is InChI=1S/C11H8N2O2S.C10H6N2OS.C9H8N2O2S.C6H13BrO2/c1-15-10(14)7-2-3-8-9(6-7)16-11-12-4-5-13(8)11;13-6-7-1-2-8-9(5-7)14-10-11-3-4-12(8)10;1-13-8(12)5-2-3-6-7(4-5)14-9(10)11-6;1-3-8-6(5-7)9-4-2/h2-6H,1H3;1-6H;2-4H,1H3,(H2,10,11);6H,3-5H2,1-2H3. The van der Waals surface area contributed by atoms with Crippen molar-refractivity contribution in [3.05, 3.63) is 96.1 Å².